The molecule has 1 aromatic carbocycles. The first-order valence-electron chi connectivity index (χ1n) is 9.84. The van der Waals surface area contributed by atoms with Crippen LogP contribution in [0.1, 0.15) is 41.7 Å². The zero-order chi connectivity index (χ0) is 21.1. The number of pyridine rings is 2. The van der Waals surface area contributed by atoms with Gasteiger partial charge in [-0.05, 0) is 49.9 Å². The minimum atomic E-state index is -4.51. The van der Waals surface area contributed by atoms with E-state index >= 15 is 0 Å². The molecule has 5 nitrogen and oxygen atoms in total. The molecule has 1 amide bonds. The standard InChI is InChI=1S/C22H21F3N4O/c23-22(24,25)20-12-19(17-5-1-2-6-18(17)29-20)27-15-7-9-16(10-8-15)28-21(30)14-4-3-11-26-13-14/h1-6,11-13,15-16H,7-10H2,(H,27,29)(H,28,30)/t15-,16+. The fraction of sp³-hybridized carbons (Fsp3) is 0.318. The molecule has 0 saturated heterocycles. The molecular formula is C22H21F3N4O. The Morgan fingerprint density at radius 3 is 2.43 bits per heavy atom. The Balaban J connectivity index is 1.43. The Labute approximate surface area is 171 Å². The van der Waals surface area contributed by atoms with Gasteiger partial charge in [0.05, 0.1) is 11.1 Å². The van der Waals surface area contributed by atoms with E-state index in [0.717, 1.165) is 31.7 Å². The van der Waals surface area contributed by atoms with Crippen LogP contribution >= 0.6 is 0 Å². The second-order valence-electron chi connectivity index (χ2n) is 7.48. The van der Waals surface area contributed by atoms with Crippen molar-refractivity contribution in [2.24, 2.45) is 0 Å². The van der Waals surface area contributed by atoms with Crippen molar-refractivity contribution in [2.45, 2.75) is 43.9 Å². The number of amides is 1. The molecule has 0 bridgehead atoms. The van der Waals surface area contributed by atoms with Gasteiger partial charge in [0.1, 0.15) is 5.69 Å². The van der Waals surface area contributed by atoms with Crippen LogP contribution < -0.4 is 10.6 Å². The van der Waals surface area contributed by atoms with Gasteiger partial charge in [0, 0.05) is 35.6 Å². The normalized spacial score (nSPS) is 19.4. The summed E-state index contributed by atoms with van der Waals surface area (Å²) in [6, 6.07) is 11.4. The molecule has 2 heterocycles. The molecule has 1 fully saturated rings. The third kappa shape index (κ3) is 4.53. The van der Waals surface area contributed by atoms with Gasteiger partial charge in [-0.2, -0.15) is 13.2 Å². The number of benzene rings is 1. The summed E-state index contributed by atoms with van der Waals surface area (Å²) in [5, 5.41) is 6.96. The Hall–Kier alpha value is -3.16. The first kappa shape index (κ1) is 20.1. The van der Waals surface area contributed by atoms with E-state index in [1.165, 1.54) is 6.20 Å². The van der Waals surface area contributed by atoms with Gasteiger partial charge in [-0.15, -0.1) is 0 Å². The highest BCUT2D eigenvalue weighted by Gasteiger charge is 2.33. The molecule has 156 valence electrons. The highest BCUT2D eigenvalue weighted by Crippen LogP contribution is 2.34. The zero-order valence-electron chi connectivity index (χ0n) is 16.1. The predicted octanol–water partition coefficient (Wildman–Crippen LogP) is 4.80. The first-order valence-corrected chi connectivity index (χ1v) is 9.84. The second-order valence-corrected chi connectivity index (χ2v) is 7.48. The number of carbonyl (C=O) groups is 1. The van der Waals surface area contributed by atoms with Crippen LogP contribution in [0.5, 0.6) is 0 Å². The van der Waals surface area contributed by atoms with E-state index in [0.29, 0.717) is 22.2 Å². The Morgan fingerprint density at radius 1 is 1.00 bits per heavy atom. The number of nitrogens with one attached hydrogen (secondary N) is 2. The minimum Gasteiger partial charge on any atom is -0.382 e. The number of aromatic nitrogens is 2. The summed E-state index contributed by atoms with van der Waals surface area (Å²) >= 11 is 0. The summed E-state index contributed by atoms with van der Waals surface area (Å²) in [7, 11) is 0. The topological polar surface area (TPSA) is 66.9 Å². The van der Waals surface area contributed by atoms with Gasteiger partial charge in [0.15, 0.2) is 0 Å². The smallest absolute Gasteiger partial charge is 0.382 e. The maximum absolute atomic E-state index is 13.3. The van der Waals surface area contributed by atoms with Crippen LogP contribution in [0.15, 0.2) is 54.9 Å². The van der Waals surface area contributed by atoms with Crippen LogP contribution in [0.2, 0.25) is 0 Å². The van der Waals surface area contributed by atoms with Gasteiger partial charge in [-0.25, -0.2) is 4.98 Å². The van der Waals surface area contributed by atoms with Gasteiger partial charge in [0.25, 0.3) is 5.91 Å². The molecular weight excluding hydrogens is 393 g/mol. The van der Waals surface area contributed by atoms with Crippen LogP contribution in [0.3, 0.4) is 0 Å². The highest BCUT2D eigenvalue weighted by atomic mass is 19.4. The van der Waals surface area contributed by atoms with Crippen molar-refractivity contribution in [3.05, 3.63) is 66.1 Å². The van der Waals surface area contributed by atoms with Crippen molar-refractivity contribution in [1.29, 1.82) is 0 Å². The number of rotatable bonds is 4. The third-order valence-corrected chi connectivity index (χ3v) is 5.35. The van der Waals surface area contributed by atoms with Crippen molar-refractivity contribution in [3.63, 3.8) is 0 Å². The van der Waals surface area contributed by atoms with E-state index in [1.807, 2.05) is 0 Å². The quantitative estimate of drug-likeness (QED) is 0.644. The molecule has 3 aromatic rings. The van der Waals surface area contributed by atoms with Crippen molar-refractivity contribution >= 4 is 22.5 Å². The number of fused-ring (bicyclic) bond motifs is 1. The maximum Gasteiger partial charge on any atom is 0.433 e. The largest absolute Gasteiger partial charge is 0.433 e. The van der Waals surface area contributed by atoms with Crippen molar-refractivity contribution in [2.75, 3.05) is 5.32 Å². The molecule has 0 radical (unpaired) electrons. The van der Waals surface area contributed by atoms with Crippen molar-refractivity contribution in [1.82, 2.24) is 15.3 Å². The van der Waals surface area contributed by atoms with Crippen LogP contribution in [-0.2, 0) is 6.18 Å². The van der Waals surface area contributed by atoms with E-state index < -0.39 is 11.9 Å². The van der Waals surface area contributed by atoms with Crippen LogP contribution in [-0.4, -0.2) is 28.0 Å². The summed E-state index contributed by atoms with van der Waals surface area (Å²) in [5.41, 5.74) is 0.366. The fourth-order valence-electron chi connectivity index (χ4n) is 3.81. The number of anilines is 1. The lowest BCUT2D eigenvalue weighted by Crippen LogP contribution is -2.40. The molecule has 1 aliphatic carbocycles. The summed E-state index contributed by atoms with van der Waals surface area (Å²) in [4.78, 5) is 20.0. The number of hydrogen-bond donors (Lipinski definition) is 2. The number of hydrogen-bond acceptors (Lipinski definition) is 4. The predicted molar refractivity (Wildman–Crippen MR) is 108 cm³/mol. The SMILES string of the molecule is O=C(N[C@H]1CC[C@@H](Nc2cc(C(F)(F)F)nc3ccccc23)CC1)c1cccnc1. The van der Waals surface area contributed by atoms with E-state index in [9.17, 15) is 18.0 Å². The fourth-order valence-corrected chi connectivity index (χ4v) is 3.81. The number of nitrogens with zero attached hydrogens (tertiary/aromatic N) is 2. The molecule has 0 aliphatic heterocycles. The zero-order valence-corrected chi connectivity index (χ0v) is 16.1. The first-order chi connectivity index (χ1) is 14.4. The number of alkyl halides is 3. The lowest BCUT2D eigenvalue weighted by Gasteiger charge is -2.30. The lowest BCUT2D eigenvalue weighted by atomic mass is 9.90. The van der Waals surface area contributed by atoms with Crippen LogP contribution in [0, 0.1) is 0 Å². The van der Waals surface area contributed by atoms with Gasteiger partial charge in [-0.3, -0.25) is 9.78 Å². The average molecular weight is 414 g/mol. The average Bonchev–Trinajstić information content (AvgIpc) is 2.75. The molecule has 1 saturated carbocycles. The van der Waals surface area contributed by atoms with Gasteiger partial charge in [0.2, 0.25) is 0 Å². The van der Waals surface area contributed by atoms with E-state index in [4.69, 9.17) is 0 Å². The number of carbonyl (C=O) groups excluding carboxylic acids is 1. The molecule has 4 rings (SSSR count). The Morgan fingerprint density at radius 2 is 1.73 bits per heavy atom. The summed E-state index contributed by atoms with van der Waals surface area (Å²) < 4.78 is 39.8. The highest BCUT2D eigenvalue weighted by molar-refractivity contribution is 5.94. The van der Waals surface area contributed by atoms with E-state index in [-0.39, 0.29) is 18.0 Å². The van der Waals surface area contributed by atoms with E-state index in [2.05, 4.69) is 20.6 Å². The van der Waals surface area contributed by atoms with Crippen LogP contribution in [0.25, 0.3) is 10.9 Å². The van der Waals surface area contributed by atoms with Gasteiger partial charge < -0.3 is 10.6 Å². The Kier molecular flexibility index (Phi) is 5.57. The minimum absolute atomic E-state index is 0.0310. The molecule has 0 atom stereocenters. The summed E-state index contributed by atoms with van der Waals surface area (Å²) in [6.45, 7) is 0. The molecule has 1 aliphatic rings. The second kappa shape index (κ2) is 8.30. The molecule has 8 heteroatoms. The van der Waals surface area contributed by atoms with Crippen molar-refractivity contribution < 1.29 is 18.0 Å². The van der Waals surface area contributed by atoms with Crippen LogP contribution in [0.4, 0.5) is 18.9 Å². The summed E-state index contributed by atoms with van der Waals surface area (Å²) in [6.07, 6.45) is 1.62. The van der Waals surface area contributed by atoms with Gasteiger partial charge in [-0.1, -0.05) is 18.2 Å². The van der Waals surface area contributed by atoms with Crippen molar-refractivity contribution in [3.8, 4) is 0 Å². The molecule has 2 N–H and O–H groups in total. The van der Waals surface area contributed by atoms with Gasteiger partial charge >= 0.3 is 6.18 Å². The third-order valence-electron chi connectivity index (χ3n) is 5.35. The summed E-state index contributed by atoms with van der Waals surface area (Å²) in [5.74, 6) is -0.158. The molecule has 30 heavy (non-hydrogen) atoms. The molecule has 2 aromatic heterocycles. The number of halogens is 3. The Bertz CT molecular complexity index is 1030. The van der Waals surface area contributed by atoms with E-state index in [1.54, 1.807) is 42.6 Å². The lowest BCUT2D eigenvalue weighted by molar-refractivity contribution is -0.140. The molecule has 0 unspecified atom stereocenters. The monoisotopic (exact) mass is 414 g/mol. The molecule has 0 spiro atoms. The number of para-hydroxylation sites is 1. The maximum atomic E-state index is 13.3.